The van der Waals surface area contributed by atoms with E-state index in [-0.39, 0.29) is 5.91 Å². The van der Waals surface area contributed by atoms with Gasteiger partial charge < -0.3 is 5.32 Å². The Morgan fingerprint density at radius 1 is 1.47 bits per heavy atom. The molecule has 0 radical (unpaired) electrons. The molecule has 82 valence electrons. The highest BCUT2D eigenvalue weighted by Crippen LogP contribution is 2.23. The third-order valence-electron chi connectivity index (χ3n) is 2.95. The molecule has 0 fully saturated rings. The number of hydrogen-bond donors (Lipinski definition) is 1. The van der Waals surface area contributed by atoms with E-state index >= 15 is 0 Å². The zero-order valence-electron chi connectivity index (χ0n) is 9.34. The number of nitrogens with one attached hydrogen (secondary N) is 1. The van der Waals surface area contributed by atoms with Crippen LogP contribution in [0.2, 0.25) is 0 Å². The monoisotopic (exact) mass is 207 g/mol. The van der Waals surface area contributed by atoms with Gasteiger partial charge >= 0.3 is 0 Å². The minimum absolute atomic E-state index is 0.00483. The van der Waals surface area contributed by atoms with Crippen molar-refractivity contribution in [3.05, 3.63) is 17.0 Å². The fourth-order valence-corrected chi connectivity index (χ4v) is 2.21. The average molecular weight is 207 g/mol. The summed E-state index contributed by atoms with van der Waals surface area (Å²) in [6, 6.07) is 0. The number of carbonyl (C=O) groups is 1. The Labute approximate surface area is 89.7 Å². The molecule has 1 N–H and O–H groups in total. The van der Waals surface area contributed by atoms with E-state index in [1.807, 2.05) is 11.7 Å². The molecular formula is C11H17N3O. The standard InChI is InChI=1S/C11H17N3O/c1-8(15)12-7-10-9-5-3-4-6-11(9)14(2)13-10/h3-7H2,1-2H3,(H,12,15). The van der Waals surface area contributed by atoms with Crippen LogP contribution in [0, 0.1) is 0 Å². The fraction of sp³-hybridized carbons (Fsp3) is 0.636. The van der Waals surface area contributed by atoms with Gasteiger partial charge in [-0.25, -0.2) is 0 Å². The smallest absolute Gasteiger partial charge is 0.217 e. The van der Waals surface area contributed by atoms with Gasteiger partial charge in [-0.2, -0.15) is 5.10 Å². The van der Waals surface area contributed by atoms with Gasteiger partial charge in [0.1, 0.15) is 0 Å². The lowest BCUT2D eigenvalue weighted by molar-refractivity contribution is -0.119. The summed E-state index contributed by atoms with van der Waals surface area (Å²) in [6.45, 7) is 2.11. The summed E-state index contributed by atoms with van der Waals surface area (Å²) in [5.41, 5.74) is 3.75. The minimum Gasteiger partial charge on any atom is -0.351 e. The van der Waals surface area contributed by atoms with Crippen molar-refractivity contribution in [1.82, 2.24) is 15.1 Å². The molecular weight excluding hydrogens is 190 g/mol. The van der Waals surface area contributed by atoms with E-state index < -0.39 is 0 Å². The highest BCUT2D eigenvalue weighted by Gasteiger charge is 2.18. The van der Waals surface area contributed by atoms with Crippen LogP contribution in [-0.4, -0.2) is 15.7 Å². The van der Waals surface area contributed by atoms with Gasteiger partial charge in [0.2, 0.25) is 5.91 Å². The molecule has 2 rings (SSSR count). The Kier molecular flexibility index (Phi) is 2.75. The lowest BCUT2D eigenvalue weighted by Crippen LogP contribution is -2.20. The molecule has 0 saturated carbocycles. The molecule has 4 nitrogen and oxygen atoms in total. The number of aryl methyl sites for hydroxylation is 1. The number of carbonyl (C=O) groups excluding carboxylic acids is 1. The van der Waals surface area contributed by atoms with Crippen LogP contribution in [0.5, 0.6) is 0 Å². The summed E-state index contributed by atoms with van der Waals surface area (Å²) < 4.78 is 1.96. The van der Waals surface area contributed by atoms with Crippen LogP contribution < -0.4 is 5.32 Å². The molecule has 0 saturated heterocycles. The van der Waals surface area contributed by atoms with Crippen molar-refractivity contribution in [1.29, 1.82) is 0 Å². The van der Waals surface area contributed by atoms with Gasteiger partial charge in [0.05, 0.1) is 12.2 Å². The van der Waals surface area contributed by atoms with Gasteiger partial charge in [0.15, 0.2) is 0 Å². The second-order valence-electron chi connectivity index (χ2n) is 4.11. The molecule has 4 heteroatoms. The number of aromatic nitrogens is 2. The summed E-state index contributed by atoms with van der Waals surface area (Å²) in [4.78, 5) is 10.8. The van der Waals surface area contributed by atoms with Crippen molar-refractivity contribution in [3.8, 4) is 0 Å². The molecule has 1 aliphatic carbocycles. The van der Waals surface area contributed by atoms with Crippen LogP contribution in [0.1, 0.15) is 36.7 Å². The Morgan fingerprint density at radius 2 is 2.20 bits per heavy atom. The van der Waals surface area contributed by atoms with E-state index in [0.29, 0.717) is 6.54 Å². The highest BCUT2D eigenvalue weighted by molar-refractivity contribution is 5.72. The lowest BCUT2D eigenvalue weighted by Gasteiger charge is -2.12. The van der Waals surface area contributed by atoms with E-state index in [4.69, 9.17) is 0 Å². The van der Waals surface area contributed by atoms with Crippen LogP contribution >= 0.6 is 0 Å². The average Bonchev–Trinajstić information content (AvgIpc) is 2.54. The van der Waals surface area contributed by atoms with E-state index in [1.54, 1.807) is 0 Å². The summed E-state index contributed by atoms with van der Waals surface area (Å²) in [5, 5.41) is 7.28. The van der Waals surface area contributed by atoms with Gasteiger partial charge in [-0.3, -0.25) is 9.48 Å². The maximum atomic E-state index is 10.8. The topological polar surface area (TPSA) is 46.9 Å². The molecule has 0 aromatic carbocycles. The van der Waals surface area contributed by atoms with E-state index in [1.165, 1.54) is 31.0 Å². The Balaban J connectivity index is 2.20. The minimum atomic E-state index is 0.00483. The van der Waals surface area contributed by atoms with E-state index in [9.17, 15) is 4.79 Å². The Bertz CT molecular complexity index is 381. The maximum absolute atomic E-state index is 10.8. The van der Waals surface area contributed by atoms with Crippen LogP contribution in [0.3, 0.4) is 0 Å². The Hall–Kier alpha value is -1.32. The molecule has 15 heavy (non-hydrogen) atoms. The normalized spacial score (nSPS) is 14.8. The SMILES string of the molecule is CC(=O)NCc1nn(C)c2c1CCCC2. The fourth-order valence-electron chi connectivity index (χ4n) is 2.21. The molecule has 0 spiro atoms. The summed E-state index contributed by atoms with van der Waals surface area (Å²) in [5.74, 6) is 0.00483. The van der Waals surface area contributed by atoms with Gasteiger partial charge in [-0.1, -0.05) is 0 Å². The number of amides is 1. The maximum Gasteiger partial charge on any atom is 0.217 e. The molecule has 0 unspecified atom stereocenters. The van der Waals surface area contributed by atoms with E-state index in [0.717, 1.165) is 18.5 Å². The number of fused-ring (bicyclic) bond motifs is 1. The summed E-state index contributed by atoms with van der Waals surface area (Å²) in [6.07, 6.45) is 4.73. The number of nitrogens with zero attached hydrogens (tertiary/aromatic N) is 2. The molecule has 1 aromatic rings. The van der Waals surface area contributed by atoms with Crippen molar-refractivity contribution in [3.63, 3.8) is 0 Å². The van der Waals surface area contributed by atoms with Crippen molar-refractivity contribution in [2.75, 3.05) is 0 Å². The van der Waals surface area contributed by atoms with Gasteiger partial charge in [-0.15, -0.1) is 0 Å². The Morgan fingerprint density at radius 3 is 2.93 bits per heavy atom. The molecule has 1 amide bonds. The lowest BCUT2D eigenvalue weighted by atomic mass is 9.96. The summed E-state index contributed by atoms with van der Waals surface area (Å²) in [7, 11) is 1.99. The first kappa shape index (κ1) is 10.2. The second kappa shape index (κ2) is 4.04. The van der Waals surface area contributed by atoms with Crippen LogP contribution in [0.15, 0.2) is 0 Å². The van der Waals surface area contributed by atoms with Crippen LogP contribution in [0.25, 0.3) is 0 Å². The van der Waals surface area contributed by atoms with Crippen LogP contribution in [0.4, 0.5) is 0 Å². The first-order valence-electron chi connectivity index (χ1n) is 5.46. The molecule has 0 atom stereocenters. The summed E-state index contributed by atoms with van der Waals surface area (Å²) >= 11 is 0. The van der Waals surface area contributed by atoms with E-state index in [2.05, 4.69) is 10.4 Å². The van der Waals surface area contributed by atoms with Crippen LogP contribution in [-0.2, 0) is 31.2 Å². The van der Waals surface area contributed by atoms with Crippen molar-refractivity contribution >= 4 is 5.91 Å². The van der Waals surface area contributed by atoms with Crippen molar-refractivity contribution < 1.29 is 4.79 Å². The quantitative estimate of drug-likeness (QED) is 0.784. The van der Waals surface area contributed by atoms with Gasteiger partial charge in [0, 0.05) is 19.7 Å². The molecule has 0 aliphatic heterocycles. The third kappa shape index (κ3) is 2.03. The van der Waals surface area contributed by atoms with Crippen molar-refractivity contribution in [2.45, 2.75) is 39.2 Å². The molecule has 1 heterocycles. The first-order chi connectivity index (χ1) is 7.18. The predicted octanol–water partition coefficient (Wildman–Crippen LogP) is 0.935. The largest absolute Gasteiger partial charge is 0.351 e. The first-order valence-corrected chi connectivity index (χ1v) is 5.46. The molecule has 1 aliphatic rings. The molecule has 0 bridgehead atoms. The molecule has 1 aromatic heterocycles. The van der Waals surface area contributed by atoms with Crippen molar-refractivity contribution in [2.24, 2.45) is 7.05 Å². The number of rotatable bonds is 2. The van der Waals surface area contributed by atoms with Gasteiger partial charge in [-0.05, 0) is 31.2 Å². The van der Waals surface area contributed by atoms with Gasteiger partial charge in [0.25, 0.3) is 0 Å². The second-order valence-corrected chi connectivity index (χ2v) is 4.11. The zero-order valence-corrected chi connectivity index (χ0v) is 9.34. The highest BCUT2D eigenvalue weighted by atomic mass is 16.1. The zero-order chi connectivity index (χ0) is 10.8. The third-order valence-corrected chi connectivity index (χ3v) is 2.95. The number of hydrogen-bond acceptors (Lipinski definition) is 2. The predicted molar refractivity (Wildman–Crippen MR) is 57.4 cm³/mol.